The molecule has 1 fully saturated rings. The highest BCUT2D eigenvalue weighted by molar-refractivity contribution is 5.24. The zero-order valence-electron chi connectivity index (χ0n) is 9.04. The summed E-state index contributed by atoms with van der Waals surface area (Å²) in [5.41, 5.74) is 0.822. The van der Waals surface area contributed by atoms with Crippen molar-refractivity contribution in [2.75, 3.05) is 0 Å². The van der Waals surface area contributed by atoms with E-state index in [-0.39, 0.29) is 12.0 Å². The molecule has 16 heavy (non-hydrogen) atoms. The Labute approximate surface area is 94.3 Å². The van der Waals surface area contributed by atoms with Gasteiger partial charge in [-0.15, -0.1) is 0 Å². The maximum absolute atomic E-state index is 10.3. The largest absolute Gasteiger partial charge is 0.466 e. The molecule has 3 nitrogen and oxygen atoms in total. The summed E-state index contributed by atoms with van der Waals surface area (Å²) in [5, 5.41) is 10.3. The van der Waals surface area contributed by atoms with Crippen LogP contribution in [0.1, 0.15) is 18.6 Å². The lowest BCUT2D eigenvalue weighted by Gasteiger charge is -2.50. The normalized spacial score (nSPS) is 37.4. The Hall–Kier alpha value is -1.32. The summed E-state index contributed by atoms with van der Waals surface area (Å²) in [6.07, 6.45) is 2.95. The fourth-order valence-corrected chi connectivity index (χ4v) is 2.50. The Morgan fingerprint density at radius 2 is 2.06 bits per heavy atom. The third-order valence-electron chi connectivity index (χ3n) is 3.38. The molecule has 0 saturated carbocycles. The van der Waals surface area contributed by atoms with Gasteiger partial charge in [-0.1, -0.05) is 30.3 Å². The second-order valence-electron chi connectivity index (χ2n) is 4.33. The SMILES string of the molecule is CC1OC2(C(O)c3ccccc3)OC=CC12. The number of benzene rings is 1. The number of aliphatic hydroxyl groups excluding tert-OH is 1. The molecule has 1 saturated heterocycles. The van der Waals surface area contributed by atoms with Crippen molar-refractivity contribution in [1.29, 1.82) is 0 Å². The van der Waals surface area contributed by atoms with Gasteiger partial charge in [0.15, 0.2) is 0 Å². The minimum Gasteiger partial charge on any atom is -0.466 e. The first-order valence-corrected chi connectivity index (χ1v) is 5.49. The first-order chi connectivity index (χ1) is 7.74. The zero-order valence-corrected chi connectivity index (χ0v) is 9.04. The molecule has 0 aliphatic carbocycles. The van der Waals surface area contributed by atoms with Crippen LogP contribution in [0.3, 0.4) is 0 Å². The lowest BCUT2D eigenvalue weighted by molar-refractivity contribution is -0.373. The van der Waals surface area contributed by atoms with Crippen LogP contribution in [0.25, 0.3) is 0 Å². The number of hydrogen-bond donors (Lipinski definition) is 1. The molecule has 4 atom stereocenters. The molecule has 3 rings (SSSR count). The highest BCUT2D eigenvalue weighted by Crippen LogP contribution is 2.51. The van der Waals surface area contributed by atoms with Crippen molar-refractivity contribution in [3.63, 3.8) is 0 Å². The molecule has 0 aromatic heterocycles. The van der Waals surface area contributed by atoms with Gasteiger partial charge in [-0.2, -0.15) is 0 Å². The van der Waals surface area contributed by atoms with E-state index in [0.717, 1.165) is 5.56 Å². The van der Waals surface area contributed by atoms with E-state index in [0.29, 0.717) is 0 Å². The molecule has 0 bridgehead atoms. The fraction of sp³-hybridized carbons (Fsp3) is 0.385. The van der Waals surface area contributed by atoms with Crippen LogP contribution in [0.2, 0.25) is 0 Å². The third kappa shape index (κ3) is 1.16. The summed E-state index contributed by atoms with van der Waals surface area (Å²) >= 11 is 0. The van der Waals surface area contributed by atoms with Crippen LogP contribution in [0, 0.1) is 5.92 Å². The summed E-state index contributed by atoms with van der Waals surface area (Å²) in [6, 6.07) is 9.47. The van der Waals surface area contributed by atoms with E-state index in [4.69, 9.17) is 9.47 Å². The summed E-state index contributed by atoms with van der Waals surface area (Å²) in [7, 11) is 0. The van der Waals surface area contributed by atoms with Gasteiger partial charge in [0.2, 0.25) is 5.79 Å². The third-order valence-corrected chi connectivity index (χ3v) is 3.38. The molecule has 2 aliphatic rings. The van der Waals surface area contributed by atoms with E-state index >= 15 is 0 Å². The first kappa shape index (κ1) is 9.87. The number of hydrogen-bond acceptors (Lipinski definition) is 3. The Morgan fingerprint density at radius 1 is 1.31 bits per heavy atom. The maximum Gasteiger partial charge on any atom is 0.249 e. The molecule has 3 heteroatoms. The Bertz CT molecular complexity index is 414. The van der Waals surface area contributed by atoms with Crippen molar-refractivity contribution in [3.05, 3.63) is 48.2 Å². The maximum atomic E-state index is 10.3. The van der Waals surface area contributed by atoms with Crippen molar-refractivity contribution >= 4 is 0 Å². The van der Waals surface area contributed by atoms with Gasteiger partial charge in [-0.05, 0) is 18.6 Å². The molecule has 0 amide bonds. The molecule has 1 N–H and O–H groups in total. The van der Waals surface area contributed by atoms with Gasteiger partial charge in [0.1, 0.15) is 6.10 Å². The second-order valence-corrected chi connectivity index (χ2v) is 4.33. The van der Waals surface area contributed by atoms with Gasteiger partial charge in [0.25, 0.3) is 0 Å². The quantitative estimate of drug-likeness (QED) is 0.825. The van der Waals surface area contributed by atoms with Crippen molar-refractivity contribution in [2.45, 2.75) is 24.9 Å². The average Bonchev–Trinajstić information content (AvgIpc) is 2.67. The smallest absolute Gasteiger partial charge is 0.249 e. The minimum absolute atomic E-state index is 0.108. The molecule has 2 aliphatic heterocycles. The number of rotatable bonds is 2. The van der Waals surface area contributed by atoms with E-state index in [1.54, 1.807) is 6.26 Å². The molecule has 1 aromatic rings. The van der Waals surface area contributed by atoms with Crippen molar-refractivity contribution in [1.82, 2.24) is 0 Å². The lowest BCUT2D eigenvalue weighted by atomic mass is 9.82. The van der Waals surface area contributed by atoms with Gasteiger partial charge >= 0.3 is 0 Å². The van der Waals surface area contributed by atoms with Gasteiger partial charge in [0, 0.05) is 0 Å². The summed E-state index contributed by atoms with van der Waals surface area (Å²) in [4.78, 5) is 0. The standard InChI is InChI=1S/C13H14O3/c1-9-11-7-8-15-13(11,16-9)12(14)10-5-3-2-4-6-10/h2-9,11-12,14H,1H3. The Balaban J connectivity index is 1.89. The lowest BCUT2D eigenvalue weighted by Crippen LogP contribution is -2.60. The van der Waals surface area contributed by atoms with Crippen molar-refractivity contribution in [2.24, 2.45) is 5.92 Å². The monoisotopic (exact) mass is 218 g/mol. The summed E-state index contributed by atoms with van der Waals surface area (Å²) in [6.45, 7) is 1.99. The van der Waals surface area contributed by atoms with E-state index in [9.17, 15) is 5.11 Å². The van der Waals surface area contributed by atoms with E-state index < -0.39 is 11.9 Å². The molecule has 1 aromatic carbocycles. The minimum atomic E-state index is -0.888. The molecular formula is C13H14O3. The van der Waals surface area contributed by atoms with E-state index in [1.807, 2.05) is 43.3 Å². The predicted octanol–water partition coefficient (Wildman–Crippen LogP) is 2.00. The molecule has 2 heterocycles. The number of ether oxygens (including phenoxy) is 2. The van der Waals surface area contributed by atoms with E-state index in [1.165, 1.54) is 0 Å². The number of aliphatic hydroxyl groups is 1. The number of fused-ring (bicyclic) bond motifs is 1. The molecule has 84 valence electrons. The fourth-order valence-electron chi connectivity index (χ4n) is 2.50. The molecular weight excluding hydrogens is 204 g/mol. The van der Waals surface area contributed by atoms with Gasteiger partial charge < -0.3 is 14.6 Å². The van der Waals surface area contributed by atoms with Gasteiger partial charge in [0.05, 0.1) is 18.3 Å². The van der Waals surface area contributed by atoms with Crippen molar-refractivity contribution < 1.29 is 14.6 Å². The highest BCUT2D eigenvalue weighted by Gasteiger charge is 2.61. The topological polar surface area (TPSA) is 38.7 Å². The van der Waals surface area contributed by atoms with Gasteiger partial charge in [-0.25, -0.2) is 0 Å². The predicted molar refractivity (Wildman–Crippen MR) is 58.4 cm³/mol. The van der Waals surface area contributed by atoms with E-state index in [2.05, 4.69) is 0 Å². The van der Waals surface area contributed by atoms with Crippen LogP contribution in [0.15, 0.2) is 42.7 Å². The van der Waals surface area contributed by atoms with Crippen LogP contribution in [0.4, 0.5) is 0 Å². The molecule has 4 unspecified atom stereocenters. The average molecular weight is 218 g/mol. The second kappa shape index (κ2) is 3.34. The zero-order chi connectivity index (χ0) is 11.2. The summed E-state index contributed by atoms with van der Waals surface area (Å²) < 4.78 is 11.1. The highest BCUT2D eigenvalue weighted by atomic mass is 16.7. The first-order valence-electron chi connectivity index (χ1n) is 5.49. The van der Waals surface area contributed by atoms with Crippen LogP contribution in [-0.2, 0) is 9.47 Å². The molecule has 0 spiro atoms. The van der Waals surface area contributed by atoms with Gasteiger partial charge in [-0.3, -0.25) is 0 Å². The Kier molecular flexibility index (Phi) is 2.06. The molecule has 0 radical (unpaired) electrons. The van der Waals surface area contributed by atoms with Crippen LogP contribution in [-0.4, -0.2) is 17.0 Å². The van der Waals surface area contributed by atoms with Crippen LogP contribution in [0.5, 0.6) is 0 Å². The van der Waals surface area contributed by atoms with Crippen LogP contribution < -0.4 is 0 Å². The Morgan fingerprint density at radius 3 is 2.75 bits per heavy atom. The summed E-state index contributed by atoms with van der Waals surface area (Å²) in [5.74, 6) is -0.747. The van der Waals surface area contributed by atoms with Crippen molar-refractivity contribution in [3.8, 4) is 0 Å². The van der Waals surface area contributed by atoms with Crippen LogP contribution >= 0.6 is 0 Å².